The molecule has 0 radical (unpaired) electrons. The van der Waals surface area contributed by atoms with E-state index in [0.717, 1.165) is 13.1 Å². The summed E-state index contributed by atoms with van der Waals surface area (Å²) < 4.78 is 33.2. The summed E-state index contributed by atoms with van der Waals surface area (Å²) in [4.78, 5) is 13.8. The average molecular weight is 354 g/mol. The molecule has 1 aromatic rings. The summed E-state index contributed by atoms with van der Waals surface area (Å²) in [5.41, 5.74) is 0.395. The second-order valence-corrected chi connectivity index (χ2v) is 8.16. The van der Waals surface area contributed by atoms with Crippen molar-refractivity contribution in [3.05, 3.63) is 29.8 Å². The van der Waals surface area contributed by atoms with Crippen LogP contribution in [0.25, 0.3) is 0 Å². The predicted molar refractivity (Wildman–Crippen MR) is 92.7 cm³/mol. The molecule has 24 heavy (non-hydrogen) atoms. The monoisotopic (exact) mass is 354 g/mol. The van der Waals surface area contributed by atoms with Crippen molar-refractivity contribution < 1.29 is 17.9 Å². The lowest BCUT2D eigenvalue weighted by atomic mass is 10.0. The molecule has 1 N–H and O–H groups in total. The van der Waals surface area contributed by atoms with Gasteiger partial charge in [0.1, 0.15) is 0 Å². The Balaban J connectivity index is 2.10. The Kier molecular flexibility index (Phi) is 6.51. The first-order valence-electron chi connectivity index (χ1n) is 8.23. The highest BCUT2D eigenvalue weighted by Gasteiger charge is 2.26. The molecule has 0 bridgehead atoms. The SMILES string of the molecule is CC(=O)c1cccc(S(=O)(=O)NCC(C(C)C)N2CCOCC2)c1. The topological polar surface area (TPSA) is 75.7 Å². The molecule has 0 aromatic heterocycles. The number of benzene rings is 1. The van der Waals surface area contributed by atoms with Gasteiger partial charge in [-0.05, 0) is 25.0 Å². The Labute approximate surface area is 144 Å². The molecular weight excluding hydrogens is 328 g/mol. The Morgan fingerprint density at radius 1 is 1.29 bits per heavy atom. The number of carbonyl (C=O) groups is 1. The smallest absolute Gasteiger partial charge is 0.240 e. The zero-order chi connectivity index (χ0) is 17.7. The van der Waals surface area contributed by atoms with Gasteiger partial charge in [-0.15, -0.1) is 0 Å². The van der Waals surface area contributed by atoms with E-state index in [-0.39, 0.29) is 16.7 Å². The molecule has 1 aliphatic rings. The first-order valence-corrected chi connectivity index (χ1v) is 9.72. The highest BCUT2D eigenvalue weighted by atomic mass is 32.2. The number of nitrogens with zero attached hydrogens (tertiary/aromatic N) is 1. The van der Waals surface area contributed by atoms with Crippen LogP contribution in [0.3, 0.4) is 0 Å². The zero-order valence-electron chi connectivity index (χ0n) is 14.5. The van der Waals surface area contributed by atoms with Crippen LogP contribution in [0.2, 0.25) is 0 Å². The number of ether oxygens (including phenoxy) is 1. The molecule has 6 nitrogen and oxygen atoms in total. The number of Topliss-reactive ketones (excluding diaryl/α,β-unsaturated/α-hetero) is 1. The summed E-state index contributed by atoms with van der Waals surface area (Å²) in [7, 11) is -3.64. The van der Waals surface area contributed by atoms with E-state index in [1.807, 2.05) is 0 Å². The lowest BCUT2D eigenvalue weighted by molar-refractivity contribution is 0.00776. The molecule has 0 aliphatic carbocycles. The summed E-state index contributed by atoms with van der Waals surface area (Å²) in [6.07, 6.45) is 0. The van der Waals surface area contributed by atoms with E-state index in [4.69, 9.17) is 4.74 Å². The van der Waals surface area contributed by atoms with Gasteiger partial charge in [0.25, 0.3) is 0 Å². The number of hydrogen-bond acceptors (Lipinski definition) is 5. The second kappa shape index (κ2) is 8.20. The van der Waals surface area contributed by atoms with E-state index in [1.165, 1.54) is 19.1 Å². The Bertz CT molecular complexity index is 667. The minimum Gasteiger partial charge on any atom is -0.379 e. The van der Waals surface area contributed by atoms with Crippen LogP contribution in [0.5, 0.6) is 0 Å². The van der Waals surface area contributed by atoms with Crippen LogP contribution in [-0.2, 0) is 14.8 Å². The lowest BCUT2D eigenvalue weighted by Gasteiger charge is -2.36. The Hall–Kier alpha value is -1.28. The minimum absolute atomic E-state index is 0.111. The van der Waals surface area contributed by atoms with Gasteiger partial charge in [0.05, 0.1) is 18.1 Å². The van der Waals surface area contributed by atoms with Crippen LogP contribution in [0.4, 0.5) is 0 Å². The van der Waals surface area contributed by atoms with Gasteiger partial charge < -0.3 is 4.74 Å². The highest BCUT2D eigenvalue weighted by molar-refractivity contribution is 7.89. The van der Waals surface area contributed by atoms with Gasteiger partial charge in [-0.3, -0.25) is 9.69 Å². The Morgan fingerprint density at radius 3 is 2.54 bits per heavy atom. The number of ketones is 1. The van der Waals surface area contributed by atoms with E-state index in [9.17, 15) is 13.2 Å². The average Bonchev–Trinajstić information content (AvgIpc) is 2.55. The number of sulfonamides is 1. The van der Waals surface area contributed by atoms with Crippen LogP contribution >= 0.6 is 0 Å². The van der Waals surface area contributed by atoms with Gasteiger partial charge in [-0.25, -0.2) is 13.1 Å². The molecule has 1 heterocycles. The predicted octanol–water partition coefficient (Wildman–Crippen LogP) is 1.52. The molecule has 1 saturated heterocycles. The Morgan fingerprint density at radius 2 is 1.96 bits per heavy atom. The molecule has 134 valence electrons. The van der Waals surface area contributed by atoms with E-state index in [2.05, 4.69) is 23.5 Å². The van der Waals surface area contributed by atoms with Crippen molar-refractivity contribution in [2.45, 2.75) is 31.7 Å². The largest absolute Gasteiger partial charge is 0.379 e. The van der Waals surface area contributed by atoms with Gasteiger partial charge in [0.2, 0.25) is 10.0 Å². The normalized spacial score (nSPS) is 17.8. The number of rotatable bonds is 7. The maximum atomic E-state index is 12.6. The van der Waals surface area contributed by atoms with Crippen LogP contribution < -0.4 is 4.72 Å². The number of carbonyl (C=O) groups excluding carboxylic acids is 1. The molecule has 2 rings (SSSR count). The van der Waals surface area contributed by atoms with Crippen molar-refractivity contribution in [1.82, 2.24) is 9.62 Å². The number of morpholine rings is 1. The van der Waals surface area contributed by atoms with Crippen molar-refractivity contribution in [1.29, 1.82) is 0 Å². The molecule has 0 amide bonds. The summed E-state index contributed by atoms with van der Waals surface area (Å²) in [6.45, 7) is 8.91. The van der Waals surface area contributed by atoms with Gasteiger partial charge in [-0.2, -0.15) is 0 Å². The third-order valence-corrected chi connectivity index (χ3v) is 5.74. The fourth-order valence-electron chi connectivity index (χ4n) is 2.86. The van der Waals surface area contributed by atoms with Crippen LogP contribution in [0.1, 0.15) is 31.1 Å². The molecule has 0 saturated carbocycles. The van der Waals surface area contributed by atoms with Crippen molar-refractivity contribution in [2.75, 3.05) is 32.8 Å². The lowest BCUT2D eigenvalue weighted by Crippen LogP contribution is -2.51. The van der Waals surface area contributed by atoms with Gasteiger partial charge in [0, 0.05) is 31.2 Å². The van der Waals surface area contributed by atoms with Gasteiger partial charge in [0.15, 0.2) is 5.78 Å². The van der Waals surface area contributed by atoms with Crippen molar-refractivity contribution in [3.8, 4) is 0 Å². The van der Waals surface area contributed by atoms with Crippen molar-refractivity contribution in [2.24, 2.45) is 5.92 Å². The summed E-state index contributed by atoms with van der Waals surface area (Å²) >= 11 is 0. The number of nitrogens with one attached hydrogen (secondary N) is 1. The summed E-state index contributed by atoms with van der Waals surface area (Å²) in [5, 5.41) is 0. The fourth-order valence-corrected chi connectivity index (χ4v) is 3.95. The maximum Gasteiger partial charge on any atom is 0.240 e. The first-order chi connectivity index (χ1) is 11.3. The molecule has 1 aliphatic heterocycles. The molecule has 1 atom stereocenters. The van der Waals surface area contributed by atoms with Gasteiger partial charge in [-0.1, -0.05) is 26.0 Å². The molecule has 0 spiro atoms. The zero-order valence-corrected chi connectivity index (χ0v) is 15.3. The fraction of sp³-hybridized carbons (Fsp3) is 0.588. The van der Waals surface area contributed by atoms with E-state index in [1.54, 1.807) is 12.1 Å². The van der Waals surface area contributed by atoms with Crippen LogP contribution in [0, 0.1) is 5.92 Å². The summed E-state index contributed by atoms with van der Waals surface area (Å²) in [5.74, 6) is 0.162. The molecule has 7 heteroatoms. The van der Waals surface area contributed by atoms with Crippen molar-refractivity contribution in [3.63, 3.8) is 0 Å². The third-order valence-electron chi connectivity index (χ3n) is 4.32. The minimum atomic E-state index is -3.64. The first kappa shape index (κ1) is 19.1. The quantitative estimate of drug-likeness (QED) is 0.752. The highest BCUT2D eigenvalue weighted by Crippen LogP contribution is 2.15. The van der Waals surface area contributed by atoms with Gasteiger partial charge >= 0.3 is 0 Å². The van der Waals surface area contributed by atoms with Crippen molar-refractivity contribution >= 4 is 15.8 Å². The summed E-state index contributed by atoms with van der Waals surface area (Å²) in [6, 6.07) is 6.25. The third kappa shape index (κ3) is 4.86. The van der Waals surface area contributed by atoms with E-state index < -0.39 is 10.0 Å². The van der Waals surface area contributed by atoms with E-state index in [0.29, 0.717) is 31.2 Å². The molecule has 1 fully saturated rings. The second-order valence-electron chi connectivity index (χ2n) is 6.40. The van der Waals surface area contributed by atoms with Crippen LogP contribution in [-0.4, -0.2) is 58.0 Å². The van der Waals surface area contributed by atoms with E-state index >= 15 is 0 Å². The number of hydrogen-bond donors (Lipinski definition) is 1. The molecular formula is C17H26N2O4S. The van der Waals surface area contributed by atoms with Crippen LogP contribution in [0.15, 0.2) is 29.2 Å². The standard InChI is InChI=1S/C17H26N2O4S/c1-13(2)17(19-7-9-23-10-8-19)12-18-24(21,22)16-6-4-5-15(11-16)14(3)20/h4-6,11,13,17-18H,7-10,12H2,1-3H3. The maximum absolute atomic E-state index is 12.6. The molecule has 1 unspecified atom stereocenters. The molecule has 1 aromatic carbocycles.